The molecule has 0 saturated heterocycles. The second kappa shape index (κ2) is 5.23. The zero-order valence-corrected chi connectivity index (χ0v) is 12.2. The highest BCUT2D eigenvalue weighted by Gasteiger charge is 2.16. The highest BCUT2D eigenvalue weighted by atomic mass is 32.1. The van der Waals surface area contributed by atoms with Gasteiger partial charge in [0.25, 0.3) is 0 Å². The lowest BCUT2D eigenvalue weighted by atomic mass is 10.2. The maximum absolute atomic E-state index is 5.62. The molecule has 0 aliphatic carbocycles. The van der Waals surface area contributed by atoms with Gasteiger partial charge in [-0.25, -0.2) is 4.98 Å². The summed E-state index contributed by atoms with van der Waals surface area (Å²) in [5.41, 5.74) is 1.45. The molecular weight excluding hydrogens is 302 g/mol. The molecule has 22 heavy (non-hydrogen) atoms. The molecule has 2 aromatic heterocycles. The molecule has 0 bridgehead atoms. The Labute approximate surface area is 130 Å². The summed E-state index contributed by atoms with van der Waals surface area (Å²) in [5, 5.41) is 7.04. The van der Waals surface area contributed by atoms with Crippen molar-refractivity contribution in [3.05, 3.63) is 41.6 Å². The van der Waals surface area contributed by atoms with Crippen molar-refractivity contribution in [1.29, 1.82) is 0 Å². The van der Waals surface area contributed by atoms with Crippen LogP contribution in [0.3, 0.4) is 0 Å². The molecule has 1 aromatic carbocycles. The Morgan fingerprint density at radius 3 is 2.82 bits per heavy atom. The van der Waals surface area contributed by atoms with Crippen molar-refractivity contribution in [3.63, 3.8) is 0 Å². The summed E-state index contributed by atoms with van der Waals surface area (Å²) < 4.78 is 13.4. The summed E-state index contributed by atoms with van der Waals surface area (Å²) >= 11 is 5.33. The number of H-pyrrole nitrogens is 1. The summed E-state index contributed by atoms with van der Waals surface area (Å²) in [5.74, 6) is 2.01. The van der Waals surface area contributed by atoms with Gasteiger partial charge in [0.05, 0.1) is 11.9 Å². The number of nitrogens with one attached hydrogen (secondary N) is 1. The second-order valence-corrected chi connectivity index (χ2v) is 4.99. The SMILES string of the molecule is S=c1[nH]nc(-c2cnccn2)n1-c1ccc2c(c1)OCCO2. The van der Waals surface area contributed by atoms with Crippen molar-refractivity contribution in [3.8, 4) is 28.7 Å². The molecule has 8 heteroatoms. The molecule has 0 amide bonds. The van der Waals surface area contributed by atoms with Gasteiger partial charge >= 0.3 is 0 Å². The Morgan fingerprint density at radius 1 is 1.14 bits per heavy atom. The van der Waals surface area contributed by atoms with E-state index in [9.17, 15) is 0 Å². The van der Waals surface area contributed by atoms with Crippen LogP contribution in [0.2, 0.25) is 0 Å². The maximum atomic E-state index is 5.62. The zero-order valence-electron chi connectivity index (χ0n) is 11.4. The monoisotopic (exact) mass is 313 g/mol. The minimum atomic E-state index is 0.470. The largest absolute Gasteiger partial charge is 0.486 e. The first kappa shape index (κ1) is 13.0. The van der Waals surface area contributed by atoms with Crippen LogP contribution in [0.4, 0.5) is 0 Å². The van der Waals surface area contributed by atoms with E-state index in [4.69, 9.17) is 21.7 Å². The number of nitrogens with zero attached hydrogens (tertiary/aromatic N) is 4. The van der Waals surface area contributed by atoms with Crippen LogP contribution in [0.15, 0.2) is 36.8 Å². The van der Waals surface area contributed by atoms with E-state index >= 15 is 0 Å². The molecule has 1 N–H and O–H groups in total. The normalized spacial score (nSPS) is 13.1. The van der Waals surface area contributed by atoms with Crippen molar-refractivity contribution in [2.45, 2.75) is 0 Å². The fourth-order valence-corrected chi connectivity index (χ4v) is 2.53. The van der Waals surface area contributed by atoms with Crippen molar-refractivity contribution < 1.29 is 9.47 Å². The molecule has 0 radical (unpaired) electrons. The number of hydrogen-bond donors (Lipinski definition) is 1. The molecule has 3 heterocycles. The molecule has 0 unspecified atom stereocenters. The van der Waals surface area contributed by atoms with Gasteiger partial charge in [-0.05, 0) is 24.4 Å². The third-order valence-corrected chi connectivity index (χ3v) is 3.52. The fraction of sp³-hybridized carbons (Fsp3) is 0.143. The lowest BCUT2D eigenvalue weighted by Crippen LogP contribution is -2.15. The predicted molar refractivity (Wildman–Crippen MR) is 80.8 cm³/mol. The molecule has 0 saturated carbocycles. The summed E-state index contributed by atoms with van der Waals surface area (Å²) in [6.45, 7) is 1.09. The van der Waals surface area contributed by atoms with Crippen molar-refractivity contribution in [1.82, 2.24) is 24.7 Å². The third kappa shape index (κ3) is 2.13. The molecule has 0 fully saturated rings. The van der Waals surface area contributed by atoms with E-state index in [0.717, 1.165) is 11.4 Å². The molecule has 4 rings (SSSR count). The number of ether oxygens (including phenoxy) is 2. The number of aromatic nitrogens is 5. The number of fused-ring (bicyclic) bond motifs is 1. The Hall–Kier alpha value is -2.74. The third-order valence-electron chi connectivity index (χ3n) is 3.25. The number of aromatic amines is 1. The van der Waals surface area contributed by atoms with Gasteiger partial charge in [-0.3, -0.25) is 14.6 Å². The van der Waals surface area contributed by atoms with Crippen LogP contribution in [-0.4, -0.2) is 37.9 Å². The average molecular weight is 313 g/mol. The number of hydrogen-bond acceptors (Lipinski definition) is 6. The average Bonchev–Trinajstić information content (AvgIpc) is 2.97. The number of rotatable bonds is 2. The Morgan fingerprint density at radius 2 is 2.00 bits per heavy atom. The van der Waals surface area contributed by atoms with Gasteiger partial charge < -0.3 is 9.47 Å². The van der Waals surface area contributed by atoms with Crippen molar-refractivity contribution in [2.24, 2.45) is 0 Å². The maximum Gasteiger partial charge on any atom is 0.200 e. The highest BCUT2D eigenvalue weighted by molar-refractivity contribution is 7.71. The van der Waals surface area contributed by atoms with E-state index in [2.05, 4.69) is 20.2 Å². The van der Waals surface area contributed by atoms with Gasteiger partial charge in [0.15, 0.2) is 22.1 Å². The first-order chi connectivity index (χ1) is 10.8. The molecule has 3 aromatic rings. The lowest BCUT2D eigenvalue weighted by molar-refractivity contribution is 0.171. The minimum Gasteiger partial charge on any atom is -0.486 e. The van der Waals surface area contributed by atoms with E-state index < -0.39 is 0 Å². The molecule has 1 aliphatic rings. The van der Waals surface area contributed by atoms with Crippen LogP contribution in [0, 0.1) is 4.77 Å². The summed E-state index contributed by atoms with van der Waals surface area (Å²) in [7, 11) is 0. The Balaban J connectivity index is 1.87. The van der Waals surface area contributed by atoms with Crippen molar-refractivity contribution in [2.75, 3.05) is 13.2 Å². The van der Waals surface area contributed by atoms with Crippen LogP contribution in [0.5, 0.6) is 11.5 Å². The van der Waals surface area contributed by atoms with E-state index in [1.54, 1.807) is 23.2 Å². The predicted octanol–water partition coefficient (Wildman–Crippen LogP) is 2.16. The van der Waals surface area contributed by atoms with Gasteiger partial charge in [0.2, 0.25) is 0 Å². The molecule has 110 valence electrons. The molecule has 0 atom stereocenters. The number of benzene rings is 1. The van der Waals surface area contributed by atoms with Crippen LogP contribution in [-0.2, 0) is 0 Å². The molecular formula is C14H11N5O2S. The van der Waals surface area contributed by atoms with E-state index in [-0.39, 0.29) is 0 Å². The van der Waals surface area contributed by atoms with Gasteiger partial charge in [0, 0.05) is 18.5 Å². The van der Waals surface area contributed by atoms with E-state index in [1.807, 2.05) is 18.2 Å². The summed E-state index contributed by atoms with van der Waals surface area (Å²) in [4.78, 5) is 8.33. The first-order valence-electron chi connectivity index (χ1n) is 6.67. The highest BCUT2D eigenvalue weighted by Crippen LogP contribution is 2.33. The van der Waals surface area contributed by atoms with Crippen molar-refractivity contribution >= 4 is 12.2 Å². The fourth-order valence-electron chi connectivity index (χ4n) is 2.29. The van der Waals surface area contributed by atoms with Crippen LogP contribution in [0.1, 0.15) is 0 Å². The quantitative estimate of drug-likeness (QED) is 0.731. The zero-order chi connectivity index (χ0) is 14.9. The van der Waals surface area contributed by atoms with Crippen LogP contribution >= 0.6 is 12.2 Å². The Bertz CT molecular complexity index is 874. The summed E-state index contributed by atoms with van der Waals surface area (Å²) in [6, 6.07) is 5.64. The topological polar surface area (TPSA) is 77.9 Å². The molecule has 0 spiro atoms. The van der Waals surface area contributed by atoms with E-state index in [0.29, 0.717) is 35.3 Å². The van der Waals surface area contributed by atoms with Crippen LogP contribution < -0.4 is 9.47 Å². The molecule has 1 aliphatic heterocycles. The molecule has 7 nitrogen and oxygen atoms in total. The van der Waals surface area contributed by atoms with E-state index in [1.165, 1.54) is 0 Å². The smallest absolute Gasteiger partial charge is 0.200 e. The Kier molecular flexibility index (Phi) is 3.08. The van der Waals surface area contributed by atoms with Crippen LogP contribution in [0.25, 0.3) is 17.2 Å². The standard InChI is InChI=1S/C14H11N5O2S/c22-14-18-17-13(10-8-15-3-4-16-10)19(14)9-1-2-11-12(7-9)21-6-5-20-11/h1-4,7-8H,5-6H2,(H,18,22). The second-order valence-electron chi connectivity index (χ2n) is 4.61. The summed E-state index contributed by atoms with van der Waals surface area (Å²) in [6.07, 6.45) is 4.86. The minimum absolute atomic E-state index is 0.470. The van der Waals surface area contributed by atoms with Gasteiger partial charge in [0.1, 0.15) is 18.9 Å². The first-order valence-corrected chi connectivity index (χ1v) is 7.07. The van der Waals surface area contributed by atoms with Gasteiger partial charge in [-0.1, -0.05) is 0 Å². The van der Waals surface area contributed by atoms with Gasteiger partial charge in [-0.2, -0.15) is 5.10 Å². The van der Waals surface area contributed by atoms with Gasteiger partial charge in [-0.15, -0.1) is 0 Å². The lowest BCUT2D eigenvalue weighted by Gasteiger charge is -2.19.